The molecule has 3 aliphatic rings. The number of aryl methyl sites for hydroxylation is 1. The van der Waals surface area contributed by atoms with Crippen LogP contribution in [0.2, 0.25) is 5.02 Å². The van der Waals surface area contributed by atoms with Crippen LogP contribution in [0, 0.1) is 11.8 Å². The number of ether oxygens (including phenoxy) is 3. The highest BCUT2D eigenvalue weighted by molar-refractivity contribution is 7.90. The molecular formula is C32H41ClN2O6S. The third-order valence-electron chi connectivity index (χ3n) is 9.11. The third kappa shape index (κ3) is 6.80. The molecule has 0 saturated heterocycles. The van der Waals surface area contributed by atoms with Crippen LogP contribution < -0.4 is 14.4 Å². The summed E-state index contributed by atoms with van der Waals surface area (Å²) in [5.41, 5.74) is 3.32. The molecule has 2 heterocycles. The monoisotopic (exact) mass is 616 g/mol. The lowest BCUT2D eigenvalue weighted by Crippen LogP contribution is -2.44. The SMILES string of the molecule is CO[C@H]1/C=C/C[C@@H](OC)[C@@H](C)S(=O)(=O)NC(=O)c2ccc3c(c2)N(CCCCc2cc(Cl)ccc2CO3)C[C@@H]2CC[C@H]21. The van der Waals surface area contributed by atoms with Crippen molar-refractivity contribution in [2.24, 2.45) is 11.8 Å². The van der Waals surface area contributed by atoms with Crippen LogP contribution in [-0.4, -0.2) is 59.1 Å². The van der Waals surface area contributed by atoms with Gasteiger partial charge in [-0.15, -0.1) is 0 Å². The summed E-state index contributed by atoms with van der Waals surface area (Å²) in [5.74, 6) is 0.723. The first-order valence-corrected chi connectivity index (χ1v) is 16.7. The molecule has 1 aliphatic carbocycles. The first-order chi connectivity index (χ1) is 20.2. The number of nitrogens with one attached hydrogen (secondary N) is 1. The van der Waals surface area contributed by atoms with Gasteiger partial charge in [-0.05, 0) is 98.7 Å². The molecule has 1 N–H and O–H groups in total. The Kier molecular flexibility index (Phi) is 9.82. The molecular weight excluding hydrogens is 576 g/mol. The van der Waals surface area contributed by atoms with Crippen LogP contribution in [0.25, 0.3) is 0 Å². The fourth-order valence-electron chi connectivity index (χ4n) is 6.32. The van der Waals surface area contributed by atoms with E-state index < -0.39 is 27.3 Å². The Bertz CT molecular complexity index is 1410. The highest BCUT2D eigenvalue weighted by atomic mass is 35.5. The maximum Gasteiger partial charge on any atom is 0.264 e. The lowest BCUT2D eigenvalue weighted by Gasteiger charge is -2.43. The zero-order chi connectivity index (χ0) is 29.9. The second-order valence-corrected chi connectivity index (χ2v) is 14.1. The molecule has 2 bridgehead atoms. The number of amides is 1. The van der Waals surface area contributed by atoms with Gasteiger partial charge in [0.25, 0.3) is 5.91 Å². The molecule has 2 aromatic rings. The van der Waals surface area contributed by atoms with Crippen LogP contribution in [0.5, 0.6) is 5.75 Å². The van der Waals surface area contributed by atoms with Crippen LogP contribution in [-0.2, 0) is 32.5 Å². The topological polar surface area (TPSA) is 94.2 Å². The molecule has 1 fully saturated rings. The Hall–Kier alpha value is -2.59. The molecule has 8 nitrogen and oxygen atoms in total. The van der Waals surface area contributed by atoms with E-state index in [9.17, 15) is 13.2 Å². The largest absolute Gasteiger partial charge is 0.487 e. The fourth-order valence-corrected chi connectivity index (χ4v) is 7.70. The van der Waals surface area contributed by atoms with Gasteiger partial charge < -0.3 is 19.1 Å². The molecule has 228 valence electrons. The van der Waals surface area contributed by atoms with Gasteiger partial charge in [-0.25, -0.2) is 13.1 Å². The number of sulfonamides is 1. The first-order valence-electron chi connectivity index (χ1n) is 14.8. The molecule has 2 aliphatic heterocycles. The molecule has 5 atom stereocenters. The minimum Gasteiger partial charge on any atom is -0.487 e. The molecule has 0 spiro atoms. The number of rotatable bonds is 2. The second kappa shape index (κ2) is 13.4. The second-order valence-electron chi connectivity index (χ2n) is 11.6. The molecule has 2 aromatic carbocycles. The number of benzene rings is 2. The van der Waals surface area contributed by atoms with Crippen molar-refractivity contribution in [2.45, 2.75) is 69.5 Å². The maximum atomic E-state index is 13.4. The number of fused-ring (bicyclic) bond motifs is 3. The summed E-state index contributed by atoms with van der Waals surface area (Å²) in [6.07, 6.45) is 8.64. The maximum absolute atomic E-state index is 13.4. The van der Waals surface area contributed by atoms with Gasteiger partial charge in [0.15, 0.2) is 0 Å². The Balaban J connectivity index is 1.55. The minimum atomic E-state index is -4.02. The predicted molar refractivity (Wildman–Crippen MR) is 165 cm³/mol. The predicted octanol–water partition coefficient (Wildman–Crippen LogP) is 5.53. The van der Waals surface area contributed by atoms with E-state index in [1.165, 1.54) is 12.7 Å². The molecule has 10 heteroatoms. The molecule has 1 saturated carbocycles. The minimum absolute atomic E-state index is 0.0778. The number of halogens is 1. The van der Waals surface area contributed by atoms with Crippen molar-refractivity contribution in [3.8, 4) is 5.75 Å². The normalized spacial score (nSPS) is 29.0. The number of anilines is 1. The van der Waals surface area contributed by atoms with E-state index in [1.54, 1.807) is 32.2 Å². The number of hydrogen-bond acceptors (Lipinski definition) is 7. The summed E-state index contributed by atoms with van der Waals surface area (Å²) in [6.45, 7) is 3.49. The first kappa shape index (κ1) is 30.9. The van der Waals surface area contributed by atoms with Gasteiger partial charge in [-0.2, -0.15) is 0 Å². The summed E-state index contributed by atoms with van der Waals surface area (Å²) in [5, 5.41) is -0.237. The third-order valence-corrected chi connectivity index (χ3v) is 11.1. The lowest BCUT2D eigenvalue weighted by molar-refractivity contribution is 0.0132. The smallest absolute Gasteiger partial charge is 0.264 e. The number of methoxy groups -OCH3 is 2. The van der Waals surface area contributed by atoms with E-state index in [0.29, 0.717) is 35.6 Å². The van der Waals surface area contributed by atoms with E-state index in [-0.39, 0.29) is 11.7 Å². The van der Waals surface area contributed by atoms with Crippen molar-refractivity contribution in [1.82, 2.24) is 4.72 Å². The lowest BCUT2D eigenvalue weighted by atomic mass is 9.70. The van der Waals surface area contributed by atoms with Crippen molar-refractivity contribution < 1.29 is 27.4 Å². The summed E-state index contributed by atoms with van der Waals surface area (Å²) in [4.78, 5) is 15.7. The van der Waals surface area contributed by atoms with E-state index in [0.717, 1.165) is 56.4 Å². The Morgan fingerprint density at radius 2 is 1.88 bits per heavy atom. The van der Waals surface area contributed by atoms with Crippen LogP contribution >= 0.6 is 11.6 Å². The number of carbonyl (C=O) groups excluding carboxylic acids is 1. The molecule has 0 aromatic heterocycles. The molecule has 1 amide bonds. The summed E-state index contributed by atoms with van der Waals surface area (Å²) < 4.78 is 46.7. The van der Waals surface area contributed by atoms with Gasteiger partial charge in [-0.3, -0.25) is 4.79 Å². The van der Waals surface area contributed by atoms with E-state index in [2.05, 4.69) is 9.62 Å². The number of nitrogens with zero attached hydrogens (tertiary/aromatic N) is 1. The Morgan fingerprint density at radius 3 is 2.62 bits per heavy atom. The van der Waals surface area contributed by atoms with E-state index in [4.69, 9.17) is 25.8 Å². The van der Waals surface area contributed by atoms with Gasteiger partial charge in [0, 0.05) is 37.9 Å². The van der Waals surface area contributed by atoms with Crippen molar-refractivity contribution in [3.63, 3.8) is 0 Å². The van der Waals surface area contributed by atoms with Gasteiger partial charge >= 0.3 is 0 Å². The molecule has 42 heavy (non-hydrogen) atoms. The average Bonchev–Trinajstić information content (AvgIpc) is 2.98. The highest BCUT2D eigenvalue weighted by Crippen LogP contribution is 2.41. The molecule has 0 radical (unpaired) electrons. The zero-order valence-electron chi connectivity index (χ0n) is 24.6. The van der Waals surface area contributed by atoms with Crippen molar-refractivity contribution in [1.29, 1.82) is 0 Å². The average molecular weight is 617 g/mol. The fraction of sp³-hybridized carbons (Fsp3) is 0.531. The summed E-state index contributed by atoms with van der Waals surface area (Å²) in [7, 11) is -0.803. The molecule has 0 unspecified atom stereocenters. The van der Waals surface area contributed by atoms with Gasteiger partial charge in [0.05, 0.1) is 17.9 Å². The number of carbonyl (C=O) groups is 1. The Labute approximate surface area is 254 Å². The van der Waals surface area contributed by atoms with Crippen molar-refractivity contribution in [3.05, 3.63) is 70.3 Å². The van der Waals surface area contributed by atoms with Gasteiger partial charge in [0.2, 0.25) is 10.0 Å². The van der Waals surface area contributed by atoms with E-state index >= 15 is 0 Å². The van der Waals surface area contributed by atoms with Crippen LogP contribution in [0.4, 0.5) is 5.69 Å². The number of hydrogen-bond donors (Lipinski definition) is 1. The van der Waals surface area contributed by atoms with Crippen LogP contribution in [0.15, 0.2) is 48.6 Å². The van der Waals surface area contributed by atoms with Gasteiger partial charge in [-0.1, -0.05) is 29.8 Å². The zero-order valence-corrected chi connectivity index (χ0v) is 26.1. The quantitative estimate of drug-likeness (QED) is 0.444. The summed E-state index contributed by atoms with van der Waals surface area (Å²) in [6, 6.07) is 11.1. The Morgan fingerprint density at radius 1 is 1.05 bits per heavy atom. The summed E-state index contributed by atoms with van der Waals surface area (Å²) >= 11 is 6.31. The van der Waals surface area contributed by atoms with Gasteiger partial charge in [0.1, 0.15) is 17.6 Å². The van der Waals surface area contributed by atoms with Crippen molar-refractivity contribution >= 4 is 33.2 Å². The highest BCUT2D eigenvalue weighted by Gasteiger charge is 2.38. The van der Waals surface area contributed by atoms with Crippen LogP contribution in [0.3, 0.4) is 0 Å². The van der Waals surface area contributed by atoms with E-state index in [1.807, 2.05) is 30.4 Å². The standard InChI is InChI=1S/C32H41ClN2O6S/c1-21-29(39-2)8-6-9-30(40-3)27-14-11-24(27)19-35-16-5-4-7-22-17-26(33)13-10-25(22)20-41-31-15-12-23(18-28(31)35)32(36)34-42(21,37)38/h6,9-10,12-13,15,17-18,21,24,27,29-30H,4-5,7-8,11,14,16,19-20H2,1-3H3,(H,34,36)/b9-6+/t21-,24+,27-,29-,30+/m1/s1. The van der Waals surface area contributed by atoms with Crippen molar-refractivity contribution in [2.75, 3.05) is 32.2 Å². The van der Waals surface area contributed by atoms with Crippen LogP contribution in [0.1, 0.15) is 60.5 Å². The molecule has 5 rings (SSSR count).